The highest BCUT2D eigenvalue weighted by Gasteiger charge is 2.50. The highest BCUT2D eigenvalue weighted by atomic mass is 32.2. The lowest BCUT2D eigenvalue weighted by molar-refractivity contribution is -0.163. The molecule has 6 unspecified atom stereocenters. The maximum absolute atomic E-state index is 10.2. The molecule has 2 fully saturated rings. The van der Waals surface area contributed by atoms with E-state index in [1.165, 1.54) is 11.8 Å². The molecule has 0 aliphatic carbocycles. The normalized spacial score (nSPS) is 43.6. The van der Waals surface area contributed by atoms with E-state index in [9.17, 15) is 10.2 Å². The molecule has 4 N–H and O–H groups in total. The molecular weight excluding hydrogens is 254 g/mol. The zero-order valence-electron chi connectivity index (χ0n) is 10.8. The van der Waals surface area contributed by atoms with E-state index in [-0.39, 0.29) is 17.5 Å². The minimum absolute atomic E-state index is 0.0104. The van der Waals surface area contributed by atoms with Crippen LogP contribution in [0.15, 0.2) is 4.99 Å². The van der Waals surface area contributed by atoms with Crippen molar-refractivity contribution in [1.82, 2.24) is 10.6 Å². The molecule has 0 spiro atoms. The van der Waals surface area contributed by atoms with Crippen LogP contribution in [0.4, 0.5) is 0 Å². The molecule has 2 aliphatic rings. The second-order valence-electron chi connectivity index (χ2n) is 4.61. The summed E-state index contributed by atoms with van der Waals surface area (Å²) in [7, 11) is 1.69. The van der Waals surface area contributed by atoms with Crippen molar-refractivity contribution in [2.75, 3.05) is 13.6 Å². The van der Waals surface area contributed by atoms with Crippen LogP contribution in [0.5, 0.6) is 0 Å². The van der Waals surface area contributed by atoms with Crippen molar-refractivity contribution in [1.29, 1.82) is 0 Å². The zero-order chi connectivity index (χ0) is 13.3. The monoisotopic (exact) mass is 275 g/mol. The summed E-state index contributed by atoms with van der Waals surface area (Å²) in [6, 6.07) is -0.308. The van der Waals surface area contributed by atoms with E-state index in [4.69, 9.17) is 4.74 Å². The number of hydrogen-bond acceptors (Lipinski definition) is 6. The first kappa shape index (κ1) is 14.1. The number of ether oxygens (including phenoxy) is 1. The van der Waals surface area contributed by atoms with E-state index in [0.29, 0.717) is 0 Å². The highest BCUT2D eigenvalue weighted by molar-refractivity contribution is 8.14. The average Bonchev–Trinajstić information content (AvgIpc) is 2.77. The molecular formula is C11H21N3O3S. The van der Waals surface area contributed by atoms with Crippen LogP contribution in [0.1, 0.15) is 13.8 Å². The number of nitrogens with one attached hydrogen (secondary N) is 2. The van der Waals surface area contributed by atoms with Crippen LogP contribution in [0.3, 0.4) is 0 Å². The Morgan fingerprint density at radius 2 is 2.22 bits per heavy atom. The van der Waals surface area contributed by atoms with Crippen molar-refractivity contribution >= 4 is 16.9 Å². The first-order valence-electron chi connectivity index (χ1n) is 6.23. The van der Waals surface area contributed by atoms with E-state index in [2.05, 4.69) is 15.6 Å². The predicted molar refractivity (Wildman–Crippen MR) is 71.7 cm³/mol. The maximum atomic E-state index is 10.2. The van der Waals surface area contributed by atoms with E-state index in [1.54, 1.807) is 7.05 Å². The van der Waals surface area contributed by atoms with E-state index < -0.39 is 18.3 Å². The van der Waals surface area contributed by atoms with Gasteiger partial charge in [-0.15, -0.1) is 0 Å². The summed E-state index contributed by atoms with van der Waals surface area (Å²) in [6.07, 6.45) is -2.15. The third-order valence-electron chi connectivity index (χ3n) is 3.38. The molecule has 2 aliphatic heterocycles. The van der Waals surface area contributed by atoms with Gasteiger partial charge in [0.1, 0.15) is 23.7 Å². The summed E-state index contributed by atoms with van der Waals surface area (Å²) in [5.41, 5.74) is -0.201. The van der Waals surface area contributed by atoms with Crippen molar-refractivity contribution in [3.05, 3.63) is 0 Å². The molecule has 0 amide bonds. The molecule has 18 heavy (non-hydrogen) atoms. The second-order valence-corrected chi connectivity index (χ2v) is 5.70. The van der Waals surface area contributed by atoms with Crippen LogP contribution < -0.4 is 10.6 Å². The van der Waals surface area contributed by atoms with Gasteiger partial charge in [-0.3, -0.25) is 4.99 Å². The second kappa shape index (κ2) is 5.75. The fourth-order valence-corrected chi connectivity index (χ4v) is 3.49. The van der Waals surface area contributed by atoms with E-state index in [1.807, 2.05) is 13.8 Å². The Balaban J connectivity index is 2.09. The van der Waals surface area contributed by atoms with Crippen LogP contribution in [0.2, 0.25) is 0 Å². The Kier molecular flexibility index (Phi) is 4.50. The lowest BCUT2D eigenvalue weighted by Crippen LogP contribution is -2.62. The largest absolute Gasteiger partial charge is 0.388 e. The Bertz CT molecular complexity index is 329. The first-order chi connectivity index (χ1) is 8.58. The molecule has 2 heterocycles. The Morgan fingerprint density at radius 1 is 1.50 bits per heavy atom. The summed E-state index contributed by atoms with van der Waals surface area (Å²) < 4.78 is 5.89. The minimum atomic E-state index is -0.899. The number of nitrogens with zero attached hydrogens (tertiary/aromatic N) is 1. The van der Waals surface area contributed by atoms with Gasteiger partial charge in [-0.1, -0.05) is 18.7 Å². The van der Waals surface area contributed by atoms with E-state index in [0.717, 1.165) is 11.7 Å². The molecule has 104 valence electrons. The lowest BCUT2D eigenvalue weighted by Gasteiger charge is -2.41. The van der Waals surface area contributed by atoms with Crippen molar-refractivity contribution in [2.24, 2.45) is 4.99 Å². The number of aliphatic hydroxyl groups excluding tert-OH is 2. The molecule has 6 nitrogen and oxygen atoms in total. The van der Waals surface area contributed by atoms with Crippen molar-refractivity contribution in [3.8, 4) is 0 Å². The van der Waals surface area contributed by atoms with Gasteiger partial charge in [-0.25, -0.2) is 0 Å². The quantitative estimate of drug-likeness (QED) is 0.535. The van der Waals surface area contributed by atoms with Gasteiger partial charge in [0.25, 0.3) is 0 Å². The van der Waals surface area contributed by atoms with Gasteiger partial charge in [0.05, 0.1) is 6.04 Å². The number of likely N-dealkylation sites (N-methyl/N-ethyl adjacent to an activating group) is 1. The van der Waals surface area contributed by atoms with Gasteiger partial charge in [0.15, 0.2) is 5.17 Å². The summed E-state index contributed by atoms with van der Waals surface area (Å²) in [6.45, 7) is 4.75. The van der Waals surface area contributed by atoms with Crippen LogP contribution in [-0.4, -0.2) is 64.8 Å². The number of aliphatic hydroxyl groups is 2. The summed E-state index contributed by atoms with van der Waals surface area (Å²) in [4.78, 5) is 4.06. The number of fused-ring (bicyclic) bond motifs is 1. The van der Waals surface area contributed by atoms with Crippen LogP contribution in [0, 0.1) is 0 Å². The Labute approximate surface area is 111 Å². The lowest BCUT2D eigenvalue weighted by atomic mass is 9.94. The molecule has 0 radical (unpaired) electrons. The number of aliphatic imine (C=N–C) groups is 1. The standard InChI is InChI=1S/C11H21N3O3S/c1-4-13-5(2)9-8(16)7(15)6-10(17-9)18-11(12-3)14-6/h5-10,13,15-16H,4H2,1-3H3,(H,12,14). The topological polar surface area (TPSA) is 86.1 Å². The van der Waals surface area contributed by atoms with Gasteiger partial charge >= 0.3 is 0 Å². The molecule has 2 rings (SSSR count). The molecule has 0 aromatic heterocycles. The third kappa shape index (κ3) is 2.50. The van der Waals surface area contributed by atoms with Gasteiger partial charge in [-0.05, 0) is 13.5 Å². The summed E-state index contributed by atoms with van der Waals surface area (Å²) >= 11 is 1.46. The average molecular weight is 275 g/mol. The predicted octanol–water partition coefficient (Wildman–Crippen LogP) is -0.878. The fourth-order valence-electron chi connectivity index (χ4n) is 2.40. The molecule has 2 saturated heterocycles. The van der Waals surface area contributed by atoms with Gasteiger partial charge < -0.3 is 25.6 Å². The smallest absolute Gasteiger partial charge is 0.159 e. The number of hydrogen-bond donors (Lipinski definition) is 4. The van der Waals surface area contributed by atoms with Gasteiger partial charge in [0.2, 0.25) is 0 Å². The van der Waals surface area contributed by atoms with Crippen LogP contribution in [0.25, 0.3) is 0 Å². The summed E-state index contributed by atoms with van der Waals surface area (Å²) in [5.74, 6) is 0. The van der Waals surface area contributed by atoms with Gasteiger partial charge in [-0.2, -0.15) is 0 Å². The third-order valence-corrected chi connectivity index (χ3v) is 4.54. The molecule has 6 atom stereocenters. The zero-order valence-corrected chi connectivity index (χ0v) is 11.6. The molecule has 0 aromatic carbocycles. The SMILES string of the molecule is CCNC(C)C1OC2SC(=NC)NC2C(O)C1O. The first-order valence-corrected chi connectivity index (χ1v) is 7.11. The van der Waals surface area contributed by atoms with Gasteiger partial charge in [0, 0.05) is 13.1 Å². The van der Waals surface area contributed by atoms with E-state index >= 15 is 0 Å². The maximum Gasteiger partial charge on any atom is 0.159 e. The highest BCUT2D eigenvalue weighted by Crippen LogP contribution is 2.34. The number of thioether (sulfide) groups is 1. The Hall–Kier alpha value is -0.340. The number of rotatable bonds is 3. The van der Waals surface area contributed by atoms with Crippen LogP contribution >= 0.6 is 11.8 Å². The molecule has 7 heteroatoms. The minimum Gasteiger partial charge on any atom is -0.388 e. The summed E-state index contributed by atoms with van der Waals surface area (Å²) in [5, 5.41) is 27.3. The molecule has 0 bridgehead atoms. The van der Waals surface area contributed by atoms with Crippen molar-refractivity contribution < 1.29 is 14.9 Å². The molecule has 0 saturated carbocycles. The van der Waals surface area contributed by atoms with Crippen molar-refractivity contribution in [2.45, 2.75) is 49.7 Å². The van der Waals surface area contributed by atoms with Crippen molar-refractivity contribution in [3.63, 3.8) is 0 Å². The molecule has 0 aromatic rings. The number of amidine groups is 1. The van der Waals surface area contributed by atoms with Crippen LogP contribution in [-0.2, 0) is 4.74 Å². The Morgan fingerprint density at radius 3 is 2.83 bits per heavy atom. The fraction of sp³-hybridized carbons (Fsp3) is 0.909.